The lowest BCUT2D eigenvalue weighted by Crippen LogP contribution is -2.69. The molecule has 7 rings (SSSR count). The van der Waals surface area contributed by atoms with Crippen molar-refractivity contribution in [2.75, 3.05) is 26.9 Å². The van der Waals surface area contributed by atoms with E-state index in [9.17, 15) is 8.42 Å². The topological polar surface area (TPSA) is 154 Å². The molecule has 0 spiro atoms. The van der Waals surface area contributed by atoms with Crippen molar-refractivity contribution in [2.45, 2.75) is 407 Å². The molecule has 1 aromatic carbocycles. The average Bonchev–Trinajstić information content (AvgIpc) is 1.45. The minimum Gasteiger partial charge on any atom is -0.414 e. The van der Waals surface area contributed by atoms with Gasteiger partial charge in [0.15, 0.2) is 58.6 Å². The van der Waals surface area contributed by atoms with Gasteiger partial charge in [0.2, 0.25) is 0 Å². The molecule has 6 aliphatic rings. The van der Waals surface area contributed by atoms with Crippen molar-refractivity contribution in [2.24, 2.45) is 11.8 Å². The molecule has 5 unspecified atom stereocenters. The summed E-state index contributed by atoms with van der Waals surface area (Å²) in [6, 6.07) is 5.74. The molecular weight excluding hydrogens is 1510 g/mol. The maximum absolute atomic E-state index is 13.3. The molecule has 0 bridgehead atoms. The summed E-state index contributed by atoms with van der Waals surface area (Å²) < 4.78 is 123. The predicted molar refractivity (Wildman–Crippen MR) is 442 cm³/mol. The van der Waals surface area contributed by atoms with Gasteiger partial charge in [-0.1, -0.05) is 160 Å². The smallest absolute Gasteiger partial charge is 0.193 e. The van der Waals surface area contributed by atoms with Crippen molar-refractivity contribution in [3.05, 3.63) is 63.8 Å². The molecule has 6 fully saturated rings. The van der Waals surface area contributed by atoms with Crippen LogP contribution >= 0.6 is 22.6 Å². The summed E-state index contributed by atoms with van der Waals surface area (Å²) >= 11 is 2.34. The average molecular weight is 1660 g/mol. The Morgan fingerprint density at radius 1 is 0.650 bits per heavy atom. The van der Waals surface area contributed by atoms with Gasteiger partial charge in [-0.3, -0.25) is 0 Å². The second kappa shape index (κ2) is 35.8. The van der Waals surface area contributed by atoms with Gasteiger partial charge in [-0.15, -0.1) is 0 Å². The van der Waals surface area contributed by atoms with Crippen LogP contribution in [0.5, 0.6) is 0 Å². The Morgan fingerprint density at radius 3 is 1.79 bits per heavy atom. The third kappa shape index (κ3) is 22.8. The van der Waals surface area contributed by atoms with E-state index in [2.05, 4.69) is 223 Å². The number of halogens is 1. The normalized spacial score (nSPS) is 30.6. The first-order chi connectivity index (χ1) is 47.4. The maximum Gasteiger partial charge on any atom is 0.193 e. The lowest BCUT2D eigenvalue weighted by molar-refractivity contribution is -0.268. The molecule has 1 aromatic rings. The van der Waals surface area contributed by atoms with E-state index in [1.54, 1.807) is 6.07 Å². The summed E-state index contributed by atoms with van der Waals surface area (Å²) in [7, 11) is -13.2. The summed E-state index contributed by atoms with van der Waals surface area (Å²) in [6.45, 7) is 73.6. The SMILES string of the molecule is C=C1C[C@H](CCC2OCCCO2)O[C@H]1CC[C@H]1C[C@@H](C)C(=C)[C@@H](C[C@@H]2O[C@H](CC(CO[Si](C)(C)C(C)(C)C)O[Si](C)(C)C(C)(C)C)[C@H](OC)[C@H]2CC[C@@H](c2cc([SH](=O)=O)ccc2CC)C2CC[C@@H]3O[C@@H](C(/C=C/I)O[Si](C)(C)C(C)(C)C)C(O[Si](C)(C)C(C)(C)C)C(O[Si](C)(C)C(C)(C)C)[C@H]3O2)O1. The molecule has 0 aliphatic carbocycles. The van der Waals surface area contributed by atoms with Crippen LogP contribution < -0.4 is 0 Å². The third-order valence-corrected chi connectivity index (χ3v) is 50.2. The Bertz CT molecular complexity index is 3020. The number of methoxy groups -OCH3 is 1. The van der Waals surface area contributed by atoms with E-state index in [1.807, 2.05) is 19.2 Å². The van der Waals surface area contributed by atoms with Gasteiger partial charge in [0.05, 0.1) is 91.9 Å². The van der Waals surface area contributed by atoms with Crippen LogP contribution in [0.15, 0.2) is 57.6 Å². The van der Waals surface area contributed by atoms with Gasteiger partial charge in [0.25, 0.3) is 0 Å². The summed E-state index contributed by atoms with van der Waals surface area (Å²) in [5.41, 5.74) is 4.35. The Labute approximate surface area is 648 Å². The molecule has 0 N–H and O–H groups in total. The fraction of sp³-hybridized carbons (Fsp3) is 0.852. The number of hydrogen-bond donors (Lipinski definition) is 1. The molecule has 0 saturated carbocycles. The molecule has 103 heavy (non-hydrogen) atoms. The van der Waals surface area contributed by atoms with Gasteiger partial charge >= 0.3 is 0 Å². The van der Waals surface area contributed by atoms with Gasteiger partial charge < -0.3 is 60.0 Å². The molecule has 18 atom stereocenters. The van der Waals surface area contributed by atoms with Crippen LogP contribution in [0.3, 0.4) is 0 Å². The highest BCUT2D eigenvalue weighted by Gasteiger charge is 2.59. The van der Waals surface area contributed by atoms with Crippen molar-refractivity contribution in [3.63, 3.8) is 0 Å². The van der Waals surface area contributed by atoms with Crippen molar-refractivity contribution in [3.8, 4) is 0 Å². The highest BCUT2D eigenvalue weighted by atomic mass is 127. The third-order valence-electron chi connectivity index (χ3n) is 26.6. The van der Waals surface area contributed by atoms with E-state index < -0.39 is 82.8 Å². The van der Waals surface area contributed by atoms with Crippen LogP contribution in [0.25, 0.3) is 0 Å². The summed E-state index contributed by atoms with van der Waals surface area (Å²) in [5, 5.41) is -0.407. The number of thiol groups is 1. The van der Waals surface area contributed by atoms with E-state index in [-0.39, 0.29) is 110 Å². The summed E-state index contributed by atoms with van der Waals surface area (Å²) in [5.74, 6) is -0.137. The van der Waals surface area contributed by atoms with Crippen LogP contribution in [-0.2, 0) is 77.1 Å². The fourth-order valence-corrected chi connectivity index (χ4v) is 21.9. The molecule has 6 heterocycles. The van der Waals surface area contributed by atoms with Crippen LogP contribution in [-0.4, -0.2) is 175 Å². The highest BCUT2D eigenvalue weighted by Crippen LogP contribution is 2.52. The zero-order valence-corrected chi connectivity index (χ0v) is 77.8. The monoisotopic (exact) mass is 1660 g/mol. The van der Waals surface area contributed by atoms with Crippen LogP contribution in [0.2, 0.25) is 90.7 Å². The maximum atomic E-state index is 13.3. The number of rotatable bonds is 31. The van der Waals surface area contributed by atoms with E-state index in [0.29, 0.717) is 56.4 Å². The van der Waals surface area contributed by atoms with Crippen molar-refractivity contribution >= 4 is 74.9 Å². The van der Waals surface area contributed by atoms with Crippen LogP contribution in [0.4, 0.5) is 0 Å². The first-order valence-electron chi connectivity index (χ1n) is 39.6. The molecular formula is C81H147IO15SSi5. The lowest BCUT2D eigenvalue weighted by Gasteiger charge is -2.56. The molecule has 15 nitrogen and oxygen atoms in total. The zero-order valence-electron chi connectivity index (χ0n) is 69.7. The van der Waals surface area contributed by atoms with Gasteiger partial charge in [-0.2, -0.15) is 0 Å². The zero-order chi connectivity index (χ0) is 77.2. The standard InChI is InChI=1S/C81H147IO15SSi5/c1-31-56-33-36-60(98(83)84)50-63(56)61(65-40-41-66-73(92-65)75(96-102(27,28)80(14,15)16)76(97-103(29,30)81(17,18)19)74(93-66)67(43-44-82)95-101(25,26)79(11,12)13)37-38-62-69(91-70(72(62)85-20)49-59(94-100(23,24)78(8,9)10)52-88-99(21,22)77(5,6)7)51-68-55(4)53(2)47-57(90-68)34-39-64-54(3)48-58(89-64)35-42-71-86-45-32-46-87-71/h33,36,43-44,50,53,57-59,61-62,64-76,98H,3-4,31-32,34-35,37-42,45-49,51-52H2,1-2,5-30H3/b44-43+/t53-,57+,58+,59?,61+,62+,64+,65?,66+,67?,68-,69+,70-,72-,73+,74+,75?,76?/m1/s1. The van der Waals surface area contributed by atoms with Crippen molar-refractivity contribution < 1.29 is 68.4 Å². The molecule has 0 amide bonds. The van der Waals surface area contributed by atoms with E-state index in [4.69, 9.17) is 66.6 Å². The Hall–Kier alpha value is -0.316. The van der Waals surface area contributed by atoms with Gasteiger partial charge in [-0.05, 0) is 212 Å². The minimum atomic E-state index is -2.90. The van der Waals surface area contributed by atoms with Gasteiger partial charge in [0.1, 0.15) is 24.4 Å². The van der Waals surface area contributed by atoms with Crippen LogP contribution in [0.1, 0.15) is 218 Å². The Kier molecular flexibility index (Phi) is 31.2. The first-order valence-corrected chi connectivity index (χ1v) is 56.6. The number of aryl methyl sites for hydroxylation is 1. The molecule has 0 radical (unpaired) electrons. The van der Waals surface area contributed by atoms with Crippen LogP contribution in [0, 0.1) is 11.8 Å². The fourth-order valence-electron chi connectivity index (χ4n) is 14.8. The molecule has 22 heteroatoms. The molecule has 6 aliphatic heterocycles. The summed E-state index contributed by atoms with van der Waals surface area (Å²) in [4.78, 5) is 0.299. The number of hydrogen-bond acceptors (Lipinski definition) is 15. The van der Waals surface area contributed by atoms with Gasteiger partial charge in [0, 0.05) is 38.2 Å². The molecule has 0 aromatic heterocycles. The Balaban J connectivity index is 1.31. The lowest BCUT2D eigenvalue weighted by atomic mass is 9.77. The summed E-state index contributed by atoms with van der Waals surface area (Å²) in [6.07, 6.45) is 8.07. The second-order valence-electron chi connectivity index (χ2n) is 39.2. The minimum absolute atomic E-state index is 0.00128. The van der Waals surface area contributed by atoms with Gasteiger partial charge in [-0.25, -0.2) is 8.42 Å². The number of ether oxygens (including phenoxy) is 8. The van der Waals surface area contributed by atoms with Crippen molar-refractivity contribution in [1.82, 2.24) is 0 Å². The predicted octanol–water partition coefficient (Wildman–Crippen LogP) is 20.5. The van der Waals surface area contributed by atoms with E-state index in [1.165, 1.54) is 0 Å². The second-order valence-corrected chi connectivity index (χ2v) is 64.8. The Morgan fingerprint density at radius 2 is 1.22 bits per heavy atom. The highest BCUT2D eigenvalue weighted by molar-refractivity contribution is 14.1. The quantitative estimate of drug-likeness (QED) is 0.0324. The molecule has 6 saturated heterocycles. The number of benzene rings is 1. The van der Waals surface area contributed by atoms with E-state index >= 15 is 0 Å². The first kappa shape index (κ1) is 89.9. The molecule has 594 valence electrons. The van der Waals surface area contributed by atoms with Crippen molar-refractivity contribution in [1.29, 1.82) is 0 Å². The van der Waals surface area contributed by atoms with E-state index in [0.717, 1.165) is 80.4 Å². The largest absolute Gasteiger partial charge is 0.414 e. The number of fused-ring (bicyclic) bond motifs is 1.